The minimum atomic E-state index is -0.797. The maximum absolute atomic E-state index is 13.1. The molecule has 0 spiro atoms. The average Bonchev–Trinajstić information content (AvgIpc) is 3.25. The van der Waals surface area contributed by atoms with Crippen LogP contribution in [0, 0.1) is 11.3 Å². The van der Waals surface area contributed by atoms with E-state index in [1.165, 1.54) is 0 Å². The van der Waals surface area contributed by atoms with Crippen LogP contribution in [-0.2, 0) is 4.79 Å². The Balaban J connectivity index is 1.60. The number of amides is 1. The minimum absolute atomic E-state index is 0.202. The third kappa shape index (κ3) is 3.17. The third-order valence-electron chi connectivity index (χ3n) is 5.36. The Kier molecular flexibility index (Phi) is 4.55. The molecule has 3 aromatic rings. The zero-order chi connectivity index (χ0) is 21.7. The Morgan fingerprint density at radius 2 is 2.00 bits per heavy atom. The largest absolute Gasteiger partial charge is 0.363 e. The van der Waals surface area contributed by atoms with E-state index in [-0.39, 0.29) is 11.6 Å². The highest BCUT2D eigenvalue weighted by atomic mass is 79.9. The molecule has 0 radical (unpaired) electrons. The number of aromatic amines is 1. The molecule has 154 valence electrons. The van der Waals surface area contributed by atoms with E-state index in [1.807, 2.05) is 55.4 Å². The number of anilines is 1. The number of nitrogens with one attached hydrogen (secondary N) is 3. The highest BCUT2D eigenvalue weighted by Gasteiger charge is 2.38. The predicted octanol–water partition coefficient (Wildman–Crippen LogP) is 3.24. The molecule has 0 fully saturated rings. The number of rotatable bonds is 3. The molecule has 1 atom stereocenters. The highest BCUT2D eigenvalue weighted by molar-refractivity contribution is 9.11. The van der Waals surface area contributed by atoms with Gasteiger partial charge >= 0.3 is 0 Å². The van der Waals surface area contributed by atoms with Crippen molar-refractivity contribution in [3.63, 3.8) is 0 Å². The molecule has 0 saturated heterocycles. The number of halogens is 1. The van der Waals surface area contributed by atoms with Crippen LogP contribution in [0.25, 0.3) is 16.5 Å². The van der Waals surface area contributed by atoms with E-state index in [0.29, 0.717) is 27.2 Å². The highest BCUT2D eigenvalue weighted by Crippen LogP contribution is 2.39. The maximum Gasteiger partial charge on any atom is 0.240 e. The van der Waals surface area contributed by atoms with Crippen molar-refractivity contribution >= 4 is 55.7 Å². The molecule has 1 aromatic carbocycles. The van der Waals surface area contributed by atoms with Crippen LogP contribution in [0.2, 0.25) is 0 Å². The molecule has 3 N–H and O–H groups in total. The van der Waals surface area contributed by atoms with Crippen molar-refractivity contribution in [1.82, 2.24) is 20.5 Å². The van der Waals surface area contributed by atoms with Crippen molar-refractivity contribution in [2.24, 2.45) is 10.9 Å². The lowest BCUT2D eigenvalue weighted by Gasteiger charge is -2.29. The first-order chi connectivity index (χ1) is 14.9. The van der Waals surface area contributed by atoms with Crippen molar-refractivity contribution in [2.75, 3.05) is 19.0 Å². The summed E-state index contributed by atoms with van der Waals surface area (Å²) in [7, 11) is 3.83. The number of benzene rings is 1. The van der Waals surface area contributed by atoms with E-state index >= 15 is 0 Å². The fraction of sp³-hybridized carbons (Fsp3) is 0.136. The second-order valence-corrected chi connectivity index (χ2v) is 8.38. The van der Waals surface area contributed by atoms with E-state index < -0.39 is 5.92 Å². The molecule has 9 heteroatoms. The van der Waals surface area contributed by atoms with Crippen LogP contribution in [0.15, 0.2) is 64.0 Å². The summed E-state index contributed by atoms with van der Waals surface area (Å²) in [5.74, 6) is 0.149. The summed E-state index contributed by atoms with van der Waals surface area (Å²) in [6, 6.07) is 9.49. The number of nitrogens with zero attached hydrogens (tertiary/aromatic N) is 4. The summed E-state index contributed by atoms with van der Waals surface area (Å²) in [6.07, 6.45) is 5.26. The van der Waals surface area contributed by atoms with Crippen LogP contribution in [0.1, 0.15) is 11.1 Å². The lowest BCUT2D eigenvalue weighted by atomic mass is 9.83. The van der Waals surface area contributed by atoms with Crippen molar-refractivity contribution in [3.8, 4) is 0 Å². The number of aromatic nitrogens is 3. The van der Waals surface area contributed by atoms with E-state index in [4.69, 9.17) is 5.41 Å². The Morgan fingerprint density at radius 3 is 2.74 bits per heavy atom. The van der Waals surface area contributed by atoms with E-state index in [1.54, 1.807) is 12.4 Å². The van der Waals surface area contributed by atoms with E-state index in [2.05, 4.69) is 41.4 Å². The lowest BCUT2D eigenvalue weighted by molar-refractivity contribution is -0.121. The van der Waals surface area contributed by atoms with E-state index in [0.717, 1.165) is 22.3 Å². The molecule has 1 aliphatic carbocycles. The monoisotopic (exact) mass is 475 g/mol. The van der Waals surface area contributed by atoms with Gasteiger partial charge in [-0.2, -0.15) is 5.10 Å². The van der Waals surface area contributed by atoms with Gasteiger partial charge in [0.2, 0.25) is 5.91 Å². The molecule has 5 rings (SSSR count). The number of fused-ring (bicyclic) bond motifs is 2. The Bertz CT molecular complexity index is 1330. The molecule has 31 heavy (non-hydrogen) atoms. The van der Waals surface area contributed by atoms with Crippen LogP contribution in [0.5, 0.6) is 0 Å². The van der Waals surface area contributed by atoms with Gasteiger partial charge in [-0.25, -0.2) is 9.98 Å². The third-order valence-corrected chi connectivity index (χ3v) is 5.99. The summed E-state index contributed by atoms with van der Waals surface area (Å²) >= 11 is 3.58. The topological polar surface area (TPSA) is 110 Å². The van der Waals surface area contributed by atoms with Crippen molar-refractivity contribution in [1.29, 1.82) is 5.41 Å². The Morgan fingerprint density at radius 1 is 1.16 bits per heavy atom. The first kappa shape index (κ1) is 19.4. The quantitative estimate of drug-likeness (QED) is 0.539. The second-order valence-electron chi connectivity index (χ2n) is 7.52. The van der Waals surface area contributed by atoms with Crippen molar-refractivity contribution < 1.29 is 4.79 Å². The van der Waals surface area contributed by atoms with Crippen LogP contribution >= 0.6 is 15.9 Å². The minimum Gasteiger partial charge on any atom is -0.363 e. The molecule has 8 nitrogen and oxygen atoms in total. The number of carbonyl (C=O) groups excluding carboxylic acids is 1. The smallest absolute Gasteiger partial charge is 0.240 e. The van der Waals surface area contributed by atoms with Crippen LogP contribution < -0.4 is 10.2 Å². The van der Waals surface area contributed by atoms with Gasteiger partial charge in [0.1, 0.15) is 17.6 Å². The zero-order valence-corrected chi connectivity index (χ0v) is 18.4. The van der Waals surface area contributed by atoms with E-state index in [9.17, 15) is 4.79 Å². The number of carbonyl (C=O) groups is 1. The Hall–Kier alpha value is -3.59. The molecule has 1 aliphatic heterocycles. The normalized spacial score (nSPS) is 18.5. The van der Waals surface area contributed by atoms with Gasteiger partial charge in [-0.05, 0) is 45.8 Å². The molecule has 1 amide bonds. The summed E-state index contributed by atoms with van der Waals surface area (Å²) in [4.78, 5) is 24.0. The van der Waals surface area contributed by atoms with Crippen molar-refractivity contribution in [2.45, 2.75) is 0 Å². The average molecular weight is 476 g/mol. The standard InChI is InChI=1S/C22H18BrN7O/c1-30(2)17-7-6-11(9-25-17)21-27-20-15(23)8-13(19(24)18(20)22(31)28-21)12-4-3-5-16-14(12)10-26-29-16/h3-10,18,24H,1-2H3,(H,26,29)(H,27,28,31). The first-order valence-corrected chi connectivity index (χ1v) is 10.4. The summed E-state index contributed by atoms with van der Waals surface area (Å²) in [5.41, 5.74) is 3.81. The molecule has 2 aromatic heterocycles. The molecule has 1 unspecified atom stereocenters. The first-order valence-electron chi connectivity index (χ1n) is 9.60. The van der Waals surface area contributed by atoms with Gasteiger partial charge in [-0.3, -0.25) is 9.89 Å². The number of hydrogen-bond donors (Lipinski definition) is 3. The lowest BCUT2D eigenvalue weighted by Crippen LogP contribution is -2.45. The zero-order valence-electron chi connectivity index (χ0n) is 16.8. The van der Waals surface area contributed by atoms with Gasteiger partial charge in [0, 0.05) is 41.3 Å². The molecule has 0 bridgehead atoms. The van der Waals surface area contributed by atoms with Gasteiger partial charge in [-0.15, -0.1) is 0 Å². The summed E-state index contributed by atoms with van der Waals surface area (Å²) < 4.78 is 0.675. The SMILES string of the molecule is CN(C)c1ccc(C2=NC3=C(Br)C=C(c4cccc5[nH]ncc45)C(=N)C3C(=O)N2)cn1. The number of hydrogen-bond acceptors (Lipinski definition) is 6. The fourth-order valence-corrected chi connectivity index (χ4v) is 4.32. The molecular weight excluding hydrogens is 458 g/mol. The number of allylic oxidation sites excluding steroid dienone is 3. The summed E-state index contributed by atoms with van der Waals surface area (Å²) in [5, 5.41) is 19.6. The number of amidine groups is 1. The fourth-order valence-electron chi connectivity index (χ4n) is 3.77. The number of aliphatic imine (C=N–C) groups is 1. The number of pyridine rings is 1. The Labute approximate surface area is 186 Å². The van der Waals surface area contributed by atoms with Gasteiger partial charge < -0.3 is 15.6 Å². The molecule has 3 heterocycles. The van der Waals surface area contributed by atoms with Crippen LogP contribution in [0.4, 0.5) is 5.82 Å². The van der Waals surface area contributed by atoms with Gasteiger partial charge in [0.05, 0.1) is 23.1 Å². The van der Waals surface area contributed by atoms with Crippen LogP contribution in [-0.4, -0.2) is 46.7 Å². The van der Waals surface area contributed by atoms with Crippen molar-refractivity contribution in [3.05, 3.63) is 70.1 Å². The van der Waals surface area contributed by atoms with Gasteiger partial charge in [-0.1, -0.05) is 12.1 Å². The molecule has 0 saturated carbocycles. The van der Waals surface area contributed by atoms with Gasteiger partial charge in [0.15, 0.2) is 0 Å². The maximum atomic E-state index is 13.1. The van der Waals surface area contributed by atoms with Crippen LogP contribution in [0.3, 0.4) is 0 Å². The summed E-state index contributed by atoms with van der Waals surface area (Å²) in [6.45, 7) is 0. The molecule has 2 aliphatic rings. The van der Waals surface area contributed by atoms with Gasteiger partial charge in [0.25, 0.3) is 0 Å². The number of H-pyrrole nitrogens is 1. The molecular formula is C22H18BrN7O. The second kappa shape index (κ2) is 7.28. The predicted molar refractivity (Wildman–Crippen MR) is 124 cm³/mol.